The maximum absolute atomic E-state index is 14.0. The molecular formula is C21H35FNOY+. The number of ether oxygens (including phenoxy) is 1. The zero-order valence-electron chi connectivity index (χ0n) is 16.6. The van der Waals surface area contributed by atoms with E-state index in [1.807, 2.05) is 13.0 Å². The number of halogens is 1. The summed E-state index contributed by atoms with van der Waals surface area (Å²) in [5, 5.41) is 0. The van der Waals surface area contributed by atoms with E-state index in [0.717, 1.165) is 16.6 Å². The number of likely N-dealkylation sites (tertiary alicyclic amines) is 1. The Labute approximate surface area is 179 Å². The maximum Gasteiger partial charge on any atom is 0.165 e. The van der Waals surface area contributed by atoms with Crippen LogP contribution in [0.15, 0.2) is 18.2 Å². The van der Waals surface area contributed by atoms with Crippen LogP contribution in [0.2, 0.25) is 0 Å². The van der Waals surface area contributed by atoms with Crippen LogP contribution < -0.4 is 4.74 Å². The molecule has 1 aliphatic rings. The molecule has 2 nitrogen and oxygen atoms in total. The van der Waals surface area contributed by atoms with Crippen molar-refractivity contribution in [3.63, 3.8) is 0 Å². The van der Waals surface area contributed by atoms with Gasteiger partial charge in [-0.05, 0) is 44.2 Å². The summed E-state index contributed by atoms with van der Waals surface area (Å²) in [7, 11) is 0. The molecule has 1 saturated heterocycles. The van der Waals surface area contributed by atoms with Gasteiger partial charge in [0.15, 0.2) is 11.6 Å². The zero-order valence-corrected chi connectivity index (χ0v) is 19.5. The summed E-state index contributed by atoms with van der Waals surface area (Å²) < 4.78 is 21.0. The van der Waals surface area contributed by atoms with E-state index in [-0.39, 0.29) is 38.5 Å². The molecule has 0 N–H and O–H groups in total. The van der Waals surface area contributed by atoms with Crippen LogP contribution in [-0.4, -0.2) is 37.3 Å². The number of hydrogen-bond donors (Lipinski definition) is 0. The first kappa shape index (κ1) is 23.1. The fourth-order valence-electron chi connectivity index (χ4n) is 4.14. The van der Waals surface area contributed by atoms with Crippen LogP contribution in [0, 0.1) is 18.2 Å². The van der Waals surface area contributed by atoms with Crippen molar-refractivity contribution in [3.8, 4) is 5.75 Å². The molecule has 1 radical (unpaired) electrons. The van der Waals surface area contributed by atoms with E-state index in [4.69, 9.17) is 4.74 Å². The van der Waals surface area contributed by atoms with E-state index in [9.17, 15) is 4.39 Å². The largest absolute Gasteiger partial charge is 0.484 e. The molecule has 0 saturated carbocycles. The minimum atomic E-state index is -0.245. The molecule has 2 rings (SSSR count). The molecule has 1 fully saturated rings. The zero-order chi connectivity index (χ0) is 17.6. The molecule has 4 heteroatoms. The van der Waals surface area contributed by atoms with Crippen molar-refractivity contribution >= 4 is 0 Å². The van der Waals surface area contributed by atoms with Crippen LogP contribution in [0.4, 0.5) is 4.39 Å². The van der Waals surface area contributed by atoms with Gasteiger partial charge in [0, 0.05) is 38.1 Å². The topological polar surface area (TPSA) is 9.23 Å². The minimum absolute atomic E-state index is 0. The van der Waals surface area contributed by atoms with E-state index in [1.165, 1.54) is 57.8 Å². The number of para-hydroxylation sites is 1. The Morgan fingerprint density at radius 2 is 1.64 bits per heavy atom. The molecule has 0 amide bonds. The molecule has 0 unspecified atom stereocenters. The maximum atomic E-state index is 14.0. The third-order valence-corrected chi connectivity index (χ3v) is 5.05. The van der Waals surface area contributed by atoms with Gasteiger partial charge in [-0.3, -0.25) is 0 Å². The third-order valence-electron chi connectivity index (χ3n) is 5.05. The first-order valence-corrected chi connectivity index (χ1v) is 9.54. The van der Waals surface area contributed by atoms with Crippen molar-refractivity contribution < 1.29 is 46.3 Å². The number of rotatable bonds is 5. The summed E-state index contributed by atoms with van der Waals surface area (Å²) in [6.07, 6.45) is 6.67. The Morgan fingerprint density at radius 1 is 1.04 bits per heavy atom. The number of nitrogens with zero attached hydrogens (tertiary/aromatic N) is 1. The average molecular weight is 425 g/mol. The fraction of sp³-hybridized carbons (Fsp3) is 0.714. The van der Waals surface area contributed by atoms with Gasteiger partial charge in [0.1, 0.15) is 13.2 Å². The van der Waals surface area contributed by atoms with Gasteiger partial charge in [0.2, 0.25) is 0 Å². The van der Waals surface area contributed by atoms with Crippen LogP contribution in [0.1, 0.15) is 58.4 Å². The van der Waals surface area contributed by atoms with Crippen molar-refractivity contribution in [2.24, 2.45) is 5.41 Å². The molecule has 1 aromatic carbocycles. The van der Waals surface area contributed by atoms with E-state index in [2.05, 4.69) is 20.8 Å². The Hall–Kier alpha value is 0.0139. The SMILES string of the molecule is Cc1cccc(F)c1OCC[N+]1(CC(C)(C)C)CCCCCCC1.[Y]. The second kappa shape index (κ2) is 10.4. The van der Waals surface area contributed by atoms with Crippen molar-refractivity contribution in [3.05, 3.63) is 29.6 Å². The monoisotopic (exact) mass is 425 g/mol. The molecule has 139 valence electrons. The van der Waals surface area contributed by atoms with E-state index in [0.29, 0.717) is 17.8 Å². The second-order valence-electron chi connectivity index (χ2n) is 8.73. The normalized spacial score (nSPS) is 18.0. The number of aryl methyl sites for hydroxylation is 1. The molecular weight excluding hydrogens is 390 g/mol. The molecule has 0 bridgehead atoms. The Kier molecular flexibility index (Phi) is 9.57. The molecule has 0 aromatic heterocycles. The molecule has 0 aliphatic carbocycles. The van der Waals surface area contributed by atoms with E-state index < -0.39 is 0 Å². The van der Waals surface area contributed by atoms with Crippen LogP contribution in [-0.2, 0) is 32.7 Å². The Morgan fingerprint density at radius 3 is 2.20 bits per heavy atom. The Bertz CT molecular complexity index is 499. The molecule has 1 heterocycles. The van der Waals surface area contributed by atoms with Gasteiger partial charge in [-0.15, -0.1) is 0 Å². The van der Waals surface area contributed by atoms with E-state index >= 15 is 0 Å². The van der Waals surface area contributed by atoms with Gasteiger partial charge in [-0.1, -0.05) is 39.3 Å². The van der Waals surface area contributed by atoms with Gasteiger partial charge >= 0.3 is 0 Å². The van der Waals surface area contributed by atoms with Crippen molar-refractivity contribution in [2.75, 3.05) is 32.8 Å². The van der Waals surface area contributed by atoms with Crippen molar-refractivity contribution in [2.45, 2.75) is 59.8 Å². The summed E-state index contributed by atoms with van der Waals surface area (Å²) >= 11 is 0. The van der Waals surface area contributed by atoms with Crippen molar-refractivity contribution in [1.82, 2.24) is 0 Å². The Balaban J connectivity index is 0.00000312. The first-order chi connectivity index (χ1) is 11.3. The van der Waals surface area contributed by atoms with Crippen LogP contribution in [0.3, 0.4) is 0 Å². The quantitative estimate of drug-likeness (QED) is 0.579. The second-order valence-corrected chi connectivity index (χ2v) is 8.73. The minimum Gasteiger partial charge on any atom is -0.484 e. The summed E-state index contributed by atoms with van der Waals surface area (Å²) in [5.74, 6) is 0.184. The number of quaternary nitrogens is 1. The molecule has 1 aromatic rings. The molecule has 0 atom stereocenters. The molecule has 25 heavy (non-hydrogen) atoms. The van der Waals surface area contributed by atoms with Crippen LogP contribution in [0.5, 0.6) is 5.75 Å². The fourth-order valence-corrected chi connectivity index (χ4v) is 4.14. The molecule has 1 aliphatic heterocycles. The van der Waals surface area contributed by atoms with Gasteiger partial charge in [-0.25, -0.2) is 4.39 Å². The number of hydrogen-bond acceptors (Lipinski definition) is 1. The van der Waals surface area contributed by atoms with Crippen molar-refractivity contribution in [1.29, 1.82) is 0 Å². The first-order valence-electron chi connectivity index (χ1n) is 9.54. The third kappa shape index (κ3) is 7.65. The average Bonchev–Trinajstić information content (AvgIpc) is 2.45. The molecule has 0 spiro atoms. The van der Waals surface area contributed by atoms with Gasteiger partial charge in [-0.2, -0.15) is 0 Å². The van der Waals surface area contributed by atoms with E-state index in [1.54, 1.807) is 6.07 Å². The number of benzene rings is 1. The summed E-state index contributed by atoms with van der Waals surface area (Å²) in [4.78, 5) is 0. The van der Waals surface area contributed by atoms with Gasteiger partial charge in [0.25, 0.3) is 0 Å². The smallest absolute Gasteiger partial charge is 0.165 e. The predicted molar refractivity (Wildman–Crippen MR) is 98.9 cm³/mol. The van der Waals surface area contributed by atoms with Crippen LogP contribution in [0.25, 0.3) is 0 Å². The summed E-state index contributed by atoms with van der Waals surface area (Å²) in [5.41, 5.74) is 1.18. The van der Waals surface area contributed by atoms with Gasteiger partial charge < -0.3 is 9.22 Å². The summed E-state index contributed by atoms with van der Waals surface area (Å²) in [6, 6.07) is 5.13. The van der Waals surface area contributed by atoms with Gasteiger partial charge in [0.05, 0.1) is 19.6 Å². The standard InChI is InChI=1S/C21H35FNO.Y/c1-18-11-10-12-19(22)20(18)24-16-15-23(17-21(2,3)4)13-8-6-5-7-9-14-23;/h10-12H,5-9,13-17H2,1-4H3;/q+1;. The van der Waals surface area contributed by atoms with Crippen LogP contribution >= 0.6 is 0 Å². The predicted octanol–water partition coefficient (Wildman–Crippen LogP) is 5.34. The summed E-state index contributed by atoms with van der Waals surface area (Å²) in [6.45, 7) is 14.1.